The number of aryl methyl sites for hydroxylation is 1. The summed E-state index contributed by atoms with van der Waals surface area (Å²) in [6.45, 7) is 6.68. The summed E-state index contributed by atoms with van der Waals surface area (Å²) in [6, 6.07) is 10.9. The average Bonchev–Trinajstić information content (AvgIpc) is 2.99. The summed E-state index contributed by atoms with van der Waals surface area (Å²) in [5, 5.41) is 17.3. The summed E-state index contributed by atoms with van der Waals surface area (Å²) in [6.07, 6.45) is 0.896. The normalized spacial score (nSPS) is 11.0. The van der Waals surface area contributed by atoms with E-state index in [4.69, 9.17) is 4.52 Å². The summed E-state index contributed by atoms with van der Waals surface area (Å²) in [4.78, 5) is 8.90. The molecule has 6 heteroatoms. The number of para-hydroxylation sites is 1. The minimum Gasteiger partial charge on any atom is -0.507 e. The number of phenolic OH excluding ortho intramolecular Hbond substituents is 1. The average molecular weight is 338 g/mol. The standard InChI is InChI=1S/C19H22N4O2/c1-12(2)8-14-10-15(25-23-14)11-20-18-9-13(3)21-19(22-18)16-6-4-5-7-17(16)24/h4-7,9-10,12,24H,8,11H2,1-3H3,(H,20,21,22). The Labute approximate surface area is 146 Å². The second-order valence-corrected chi connectivity index (χ2v) is 6.47. The van der Waals surface area contributed by atoms with Gasteiger partial charge in [-0.3, -0.25) is 0 Å². The van der Waals surface area contributed by atoms with Crippen molar-refractivity contribution >= 4 is 5.82 Å². The predicted octanol–water partition coefficient (Wildman–Crippen LogP) is 3.96. The Bertz CT molecular complexity index is 858. The number of nitrogens with zero attached hydrogens (tertiary/aromatic N) is 3. The van der Waals surface area contributed by atoms with Crippen LogP contribution in [0.1, 0.15) is 31.0 Å². The molecular formula is C19H22N4O2. The molecule has 0 aliphatic heterocycles. The van der Waals surface area contributed by atoms with Gasteiger partial charge in [-0.2, -0.15) is 0 Å². The smallest absolute Gasteiger partial charge is 0.165 e. The number of hydrogen-bond acceptors (Lipinski definition) is 6. The molecule has 0 aliphatic rings. The topological polar surface area (TPSA) is 84.1 Å². The number of benzene rings is 1. The van der Waals surface area contributed by atoms with E-state index < -0.39 is 0 Å². The summed E-state index contributed by atoms with van der Waals surface area (Å²) in [5.74, 6) is 2.62. The van der Waals surface area contributed by atoms with Crippen molar-refractivity contribution in [2.24, 2.45) is 5.92 Å². The monoisotopic (exact) mass is 338 g/mol. The van der Waals surface area contributed by atoms with Crippen LogP contribution in [0, 0.1) is 12.8 Å². The Morgan fingerprint density at radius 3 is 2.72 bits per heavy atom. The Morgan fingerprint density at radius 2 is 1.96 bits per heavy atom. The quantitative estimate of drug-likeness (QED) is 0.708. The Balaban J connectivity index is 1.75. The maximum atomic E-state index is 10.0. The molecule has 2 N–H and O–H groups in total. The second kappa shape index (κ2) is 7.34. The minimum atomic E-state index is 0.160. The van der Waals surface area contributed by atoms with Crippen LogP contribution in [0.5, 0.6) is 5.75 Å². The van der Waals surface area contributed by atoms with Crippen LogP contribution in [-0.2, 0) is 13.0 Å². The van der Waals surface area contributed by atoms with E-state index in [0.717, 1.165) is 23.6 Å². The number of phenols is 1. The lowest BCUT2D eigenvalue weighted by Gasteiger charge is -2.08. The molecule has 0 saturated carbocycles. The van der Waals surface area contributed by atoms with Gasteiger partial charge in [0.2, 0.25) is 0 Å². The molecule has 3 rings (SSSR count). The van der Waals surface area contributed by atoms with Gasteiger partial charge in [0.1, 0.15) is 11.6 Å². The molecule has 6 nitrogen and oxygen atoms in total. The lowest BCUT2D eigenvalue weighted by Crippen LogP contribution is -2.03. The van der Waals surface area contributed by atoms with E-state index in [1.807, 2.05) is 25.1 Å². The fourth-order valence-electron chi connectivity index (χ4n) is 2.57. The summed E-state index contributed by atoms with van der Waals surface area (Å²) in [7, 11) is 0. The molecule has 0 fully saturated rings. The van der Waals surface area contributed by atoms with E-state index in [9.17, 15) is 5.11 Å². The summed E-state index contributed by atoms with van der Waals surface area (Å²) < 4.78 is 5.36. The Morgan fingerprint density at radius 1 is 1.16 bits per heavy atom. The third kappa shape index (κ3) is 4.35. The first-order valence-corrected chi connectivity index (χ1v) is 8.33. The zero-order valence-electron chi connectivity index (χ0n) is 14.7. The highest BCUT2D eigenvalue weighted by atomic mass is 16.5. The van der Waals surface area contributed by atoms with Gasteiger partial charge in [0, 0.05) is 17.8 Å². The summed E-state index contributed by atoms with van der Waals surface area (Å²) in [5.41, 5.74) is 2.38. The highest BCUT2D eigenvalue weighted by Gasteiger charge is 2.10. The third-order valence-corrected chi connectivity index (χ3v) is 3.67. The van der Waals surface area contributed by atoms with Crippen LogP contribution in [0.4, 0.5) is 5.82 Å². The van der Waals surface area contributed by atoms with Gasteiger partial charge in [-0.25, -0.2) is 9.97 Å². The molecule has 0 bridgehead atoms. The van der Waals surface area contributed by atoms with Gasteiger partial charge in [0.05, 0.1) is 17.8 Å². The van der Waals surface area contributed by atoms with Crippen molar-refractivity contribution in [3.63, 3.8) is 0 Å². The van der Waals surface area contributed by atoms with Gasteiger partial charge in [-0.15, -0.1) is 0 Å². The SMILES string of the molecule is Cc1cc(NCc2cc(CC(C)C)no2)nc(-c2ccccc2O)n1. The molecule has 3 aromatic rings. The van der Waals surface area contributed by atoms with Crippen molar-refractivity contribution in [1.29, 1.82) is 0 Å². The van der Waals surface area contributed by atoms with Crippen molar-refractivity contribution in [3.8, 4) is 17.1 Å². The number of nitrogens with one attached hydrogen (secondary N) is 1. The Kier molecular flexibility index (Phi) is 4.97. The number of hydrogen-bond donors (Lipinski definition) is 2. The molecule has 25 heavy (non-hydrogen) atoms. The molecule has 0 unspecified atom stereocenters. The van der Waals surface area contributed by atoms with Gasteiger partial charge in [0.25, 0.3) is 0 Å². The van der Waals surface area contributed by atoms with Crippen molar-refractivity contribution in [3.05, 3.63) is 53.5 Å². The summed E-state index contributed by atoms with van der Waals surface area (Å²) >= 11 is 0. The van der Waals surface area contributed by atoms with Gasteiger partial charge in [-0.1, -0.05) is 31.1 Å². The Hall–Kier alpha value is -2.89. The second-order valence-electron chi connectivity index (χ2n) is 6.47. The highest BCUT2D eigenvalue weighted by molar-refractivity contribution is 5.64. The maximum absolute atomic E-state index is 10.0. The van der Waals surface area contributed by atoms with E-state index in [2.05, 4.69) is 34.3 Å². The zero-order chi connectivity index (χ0) is 17.8. The van der Waals surface area contributed by atoms with E-state index in [-0.39, 0.29) is 5.75 Å². The lowest BCUT2D eigenvalue weighted by molar-refractivity contribution is 0.378. The molecule has 2 heterocycles. The first-order valence-electron chi connectivity index (χ1n) is 8.33. The van der Waals surface area contributed by atoms with Crippen LogP contribution < -0.4 is 5.32 Å². The molecule has 0 saturated heterocycles. The van der Waals surface area contributed by atoms with Crippen LogP contribution in [-0.4, -0.2) is 20.2 Å². The number of aromatic hydroxyl groups is 1. The van der Waals surface area contributed by atoms with E-state index >= 15 is 0 Å². The largest absolute Gasteiger partial charge is 0.507 e. The first-order chi connectivity index (χ1) is 12.0. The van der Waals surface area contributed by atoms with E-state index in [1.165, 1.54) is 0 Å². The van der Waals surface area contributed by atoms with Gasteiger partial charge in [0.15, 0.2) is 11.6 Å². The molecular weight excluding hydrogens is 316 g/mol. The van der Waals surface area contributed by atoms with Crippen LogP contribution in [0.15, 0.2) is 40.9 Å². The zero-order valence-corrected chi connectivity index (χ0v) is 14.7. The number of rotatable bonds is 6. The molecule has 0 spiro atoms. The van der Waals surface area contributed by atoms with Crippen molar-refractivity contribution in [2.75, 3.05) is 5.32 Å². The van der Waals surface area contributed by atoms with Crippen molar-refractivity contribution in [1.82, 2.24) is 15.1 Å². The van der Waals surface area contributed by atoms with E-state index in [0.29, 0.717) is 29.7 Å². The van der Waals surface area contributed by atoms with Crippen LogP contribution in [0.3, 0.4) is 0 Å². The minimum absolute atomic E-state index is 0.160. The molecule has 0 aliphatic carbocycles. The van der Waals surface area contributed by atoms with Crippen LogP contribution in [0.2, 0.25) is 0 Å². The maximum Gasteiger partial charge on any atom is 0.165 e. The molecule has 0 radical (unpaired) electrons. The highest BCUT2D eigenvalue weighted by Crippen LogP contribution is 2.26. The molecule has 0 amide bonds. The number of aromatic nitrogens is 3. The number of anilines is 1. The fourth-order valence-corrected chi connectivity index (χ4v) is 2.57. The van der Waals surface area contributed by atoms with Gasteiger partial charge in [-0.05, 0) is 31.4 Å². The van der Waals surface area contributed by atoms with Crippen molar-refractivity contribution < 1.29 is 9.63 Å². The van der Waals surface area contributed by atoms with Crippen molar-refractivity contribution in [2.45, 2.75) is 33.7 Å². The lowest BCUT2D eigenvalue weighted by atomic mass is 10.1. The van der Waals surface area contributed by atoms with Gasteiger partial charge >= 0.3 is 0 Å². The van der Waals surface area contributed by atoms with Crippen LogP contribution >= 0.6 is 0 Å². The first kappa shape index (κ1) is 17.0. The molecule has 2 aromatic heterocycles. The predicted molar refractivity (Wildman–Crippen MR) is 96.2 cm³/mol. The molecule has 130 valence electrons. The molecule has 0 atom stereocenters. The fraction of sp³-hybridized carbons (Fsp3) is 0.316. The van der Waals surface area contributed by atoms with Gasteiger partial charge < -0.3 is 14.9 Å². The van der Waals surface area contributed by atoms with E-state index in [1.54, 1.807) is 18.2 Å². The third-order valence-electron chi connectivity index (χ3n) is 3.67. The molecule has 1 aromatic carbocycles. The van der Waals surface area contributed by atoms with Crippen LogP contribution in [0.25, 0.3) is 11.4 Å².